The molecule has 0 fully saturated rings. The van der Waals surface area contributed by atoms with Crippen molar-refractivity contribution in [2.75, 3.05) is 0 Å². The van der Waals surface area contributed by atoms with Gasteiger partial charge < -0.3 is 9.63 Å². The lowest BCUT2D eigenvalue weighted by molar-refractivity contribution is 0.423. The van der Waals surface area contributed by atoms with E-state index in [1.165, 1.54) is 12.1 Å². The third-order valence-corrected chi connectivity index (χ3v) is 3.06. The Bertz CT molecular complexity index is 728. The number of phenolic OH excluding ortho intramolecular Hbond substituents is 1. The molecule has 1 aromatic carbocycles. The Kier molecular flexibility index (Phi) is 3.35. The average molecular weight is 288 g/mol. The van der Waals surface area contributed by atoms with Crippen LogP contribution in [-0.4, -0.2) is 20.2 Å². The molecule has 100 valence electrons. The molecule has 0 saturated carbocycles. The van der Waals surface area contributed by atoms with Gasteiger partial charge in [-0.1, -0.05) is 22.8 Å². The highest BCUT2D eigenvalue weighted by atomic mass is 35.5. The summed E-state index contributed by atoms with van der Waals surface area (Å²) in [5.74, 6) is 0.911. The van der Waals surface area contributed by atoms with Crippen molar-refractivity contribution in [2.45, 2.75) is 6.42 Å². The van der Waals surface area contributed by atoms with E-state index in [1.54, 1.807) is 18.5 Å². The number of hydrogen-bond donors (Lipinski definition) is 1. The fraction of sp³-hybridized carbons (Fsp3) is 0.0714. The van der Waals surface area contributed by atoms with E-state index in [-0.39, 0.29) is 11.6 Å². The molecular formula is C14H10ClN3O2. The van der Waals surface area contributed by atoms with Crippen LogP contribution < -0.4 is 0 Å². The smallest absolute Gasteiger partial charge is 0.259 e. The molecule has 0 aliphatic heterocycles. The summed E-state index contributed by atoms with van der Waals surface area (Å²) in [6.07, 6.45) is 3.98. The standard InChI is InChI=1S/C14H10ClN3O2/c15-12-4-3-10(19)7-11(12)14-17-13(18-20-14)6-9-2-1-5-16-8-9/h1-5,7-8,19H,6H2. The van der Waals surface area contributed by atoms with E-state index in [2.05, 4.69) is 15.1 Å². The molecule has 2 heterocycles. The van der Waals surface area contributed by atoms with Gasteiger partial charge >= 0.3 is 0 Å². The van der Waals surface area contributed by atoms with Gasteiger partial charge in [-0.05, 0) is 29.8 Å². The monoisotopic (exact) mass is 287 g/mol. The lowest BCUT2D eigenvalue weighted by Crippen LogP contribution is -1.91. The predicted octanol–water partition coefficient (Wildman–Crippen LogP) is 3.08. The first-order valence-corrected chi connectivity index (χ1v) is 6.30. The number of benzene rings is 1. The van der Waals surface area contributed by atoms with Crippen molar-refractivity contribution in [3.63, 3.8) is 0 Å². The van der Waals surface area contributed by atoms with Crippen LogP contribution in [0.15, 0.2) is 47.2 Å². The molecule has 3 rings (SSSR count). The summed E-state index contributed by atoms with van der Waals surface area (Å²) >= 11 is 6.05. The van der Waals surface area contributed by atoms with E-state index in [1.807, 2.05) is 12.1 Å². The number of rotatable bonds is 3. The summed E-state index contributed by atoms with van der Waals surface area (Å²) in [6, 6.07) is 8.35. The minimum atomic E-state index is 0.0939. The SMILES string of the molecule is Oc1ccc(Cl)c(-c2nc(Cc3cccnc3)no2)c1. The lowest BCUT2D eigenvalue weighted by Gasteiger charge is -1.98. The number of aromatic hydroxyl groups is 1. The molecule has 3 aromatic rings. The third kappa shape index (κ3) is 2.62. The van der Waals surface area contributed by atoms with Gasteiger partial charge in [0.25, 0.3) is 5.89 Å². The number of nitrogens with zero attached hydrogens (tertiary/aromatic N) is 3. The molecular weight excluding hydrogens is 278 g/mol. The van der Waals surface area contributed by atoms with Crippen LogP contribution >= 0.6 is 11.6 Å². The summed E-state index contributed by atoms with van der Waals surface area (Å²) in [5.41, 5.74) is 1.50. The van der Waals surface area contributed by atoms with Gasteiger partial charge in [-0.2, -0.15) is 4.98 Å². The molecule has 0 spiro atoms. The molecule has 20 heavy (non-hydrogen) atoms. The Morgan fingerprint density at radius 1 is 1.25 bits per heavy atom. The number of pyridine rings is 1. The van der Waals surface area contributed by atoms with Crippen LogP contribution in [-0.2, 0) is 6.42 Å². The molecule has 6 heteroatoms. The number of hydrogen-bond acceptors (Lipinski definition) is 5. The van der Waals surface area contributed by atoms with E-state index in [0.717, 1.165) is 5.56 Å². The van der Waals surface area contributed by atoms with Crippen molar-refractivity contribution in [3.8, 4) is 17.2 Å². The number of aromatic nitrogens is 3. The highest BCUT2D eigenvalue weighted by Gasteiger charge is 2.13. The maximum absolute atomic E-state index is 9.48. The Hall–Kier alpha value is -2.40. The molecule has 0 atom stereocenters. The Labute approximate surface area is 119 Å². The molecule has 1 N–H and O–H groups in total. The highest BCUT2D eigenvalue weighted by molar-refractivity contribution is 6.33. The summed E-state index contributed by atoms with van der Waals surface area (Å²) in [4.78, 5) is 8.31. The first-order chi connectivity index (χ1) is 9.72. The normalized spacial score (nSPS) is 10.7. The van der Waals surface area contributed by atoms with Crippen molar-refractivity contribution in [3.05, 3.63) is 59.1 Å². The molecule has 5 nitrogen and oxygen atoms in total. The van der Waals surface area contributed by atoms with Gasteiger partial charge in [0.15, 0.2) is 5.82 Å². The van der Waals surface area contributed by atoms with Crippen LogP contribution in [0.2, 0.25) is 5.02 Å². The largest absolute Gasteiger partial charge is 0.508 e. The van der Waals surface area contributed by atoms with Crippen molar-refractivity contribution < 1.29 is 9.63 Å². The van der Waals surface area contributed by atoms with Crippen LogP contribution in [0.4, 0.5) is 0 Å². The molecule has 2 aromatic heterocycles. The maximum atomic E-state index is 9.48. The minimum Gasteiger partial charge on any atom is -0.508 e. The van der Waals surface area contributed by atoms with Gasteiger partial charge in [-0.25, -0.2) is 0 Å². The van der Waals surface area contributed by atoms with Crippen LogP contribution in [0.5, 0.6) is 5.75 Å². The zero-order valence-electron chi connectivity index (χ0n) is 10.3. The van der Waals surface area contributed by atoms with Gasteiger partial charge in [0, 0.05) is 18.8 Å². The van der Waals surface area contributed by atoms with E-state index < -0.39 is 0 Å². The molecule has 0 aliphatic carbocycles. The number of halogens is 1. The quantitative estimate of drug-likeness (QED) is 0.801. The molecule has 0 aliphatic rings. The minimum absolute atomic E-state index is 0.0939. The van der Waals surface area contributed by atoms with E-state index in [0.29, 0.717) is 22.8 Å². The average Bonchev–Trinajstić information content (AvgIpc) is 2.91. The summed E-state index contributed by atoms with van der Waals surface area (Å²) < 4.78 is 5.18. The van der Waals surface area contributed by atoms with Crippen LogP contribution in [0.25, 0.3) is 11.5 Å². The van der Waals surface area contributed by atoms with Crippen molar-refractivity contribution >= 4 is 11.6 Å². The Morgan fingerprint density at radius 3 is 2.95 bits per heavy atom. The Balaban J connectivity index is 1.88. The summed E-state index contributed by atoms with van der Waals surface area (Å²) in [7, 11) is 0. The first kappa shape index (κ1) is 12.6. The van der Waals surface area contributed by atoms with Gasteiger partial charge in [0.2, 0.25) is 0 Å². The predicted molar refractivity (Wildman–Crippen MR) is 73.5 cm³/mol. The van der Waals surface area contributed by atoms with E-state index in [9.17, 15) is 5.11 Å². The molecule has 0 amide bonds. The highest BCUT2D eigenvalue weighted by Crippen LogP contribution is 2.29. The summed E-state index contributed by atoms with van der Waals surface area (Å²) in [6.45, 7) is 0. The van der Waals surface area contributed by atoms with Gasteiger partial charge in [0.05, 0.1) is 10.6 Å². The van der Waals surface area contributed by atoms with E-state index >= 15 is 0 Å². The second-order valence-electron chi connectivity index (χ2n) is 4.22. The zero-order chi connectivity index (χ0) is 13.9. The van der Waals surface area contributed by atoms with Crippen LogP contribution in [0, 0.1) is 0 Å². The van der Waals surface area contributed by atoms with Crippen molar-refractivity contribution in [2.24, 2.45) is 0 Å². The zero-order valence-corrected chi connectivity index (χ0v) is 11.1. The summed E-state index contributed by atoms with van der Waals surface area (Å²) in [5, 5.41) is 13.8. The molecule has 0 saturated heterocycles. The van der Waals surface area contributed by atoms with Crippen molar-refractivity contribution in [1.29, 1.82) is 0 Å². The Morgan fingerprint density at radius 2 is 2.15 bits per heavy atom. The fourth-order valence-corrected chi connectivity index (χ4v) is 2.00. The maximum Gasteiger partial charge on any atom is 0.259 e. The molecule has 0 unspecified atom stereocenters. The van der Waals surface area contributed by atoms with Crippen LogP contribution in [0.1, 0.15) is 11.4 Å². The van der Waals surface area contributed by atoms with Gasteiger partial charge in [0.1, 0.15) is 5.75 Å². The van der Waals surface area contributed by atoms with Crippen LogP contribution in [0.3, 0.4) is 0 Å². The lowest BCUT2D eigenvalue weighted by atomic mass is 10.2. The topological polar surface area (TPSA) is 72.0 Å². The molecule has 0 bridgehead atoms. The van der Waals surface area contributed by atoms with Crippen molar-refractivity contribution in [1.82, 2.24) is 15.1 Å². The van der Waals surface area contributed by atoms with E-state index in [4.69, 9.17) is 16.1 Å². The second-order valence-corrected chi connectivity index (χ2v) is 4.63. The van der Waals surface area contributed by atoms with Gasteiger partial charge in [-0.3, -0.25) is 4.98 Å². The first-order valence-electron chi connectivity index (χ1n) is 5.93. The third-order valence-electron chi connectivity index (χ3n) is 2.73. The second kappa shape index (κ2) is 5.30. The number of phenols is 1. The van der Waals surface area contributed by atoms with Gasteiger partial charge in [-0.15, -0.1) is 0 Å². The molecule has 0 radical (unpaired) electrons. The fourth-order valence-electron chi connectivity index (χ4n) is 1.80.